The van der Waals surface area contributed by atoms with Gasteiger partial charge in [0.25, 0.3) is 5.91 Å². The summed E-state index contributed by atoms with van der Waals surface area (Å²) in [6.07, 6.45) is 5.18. The SMILES string of the molecule is O=C(c1ccc2c(c1)CCC2)N1CCC[C@@H]1c1nc2ccc(F)cc2[nH]1. The predicted octanol–water partition coefficient (Wildman–Crippen LogP) is 4.17. The van der Waals surface area contributed by atoms with Crippen LogP contribution in [0.1, 0.15) is 52.6 Å². The van der Waals surface area contributed by atoms with Crippen LogP contribution < -0.4 is 0 Å². The van der Waals surface area contributed by atoms with E-state index >= 15 is 0 Å². The highest BCUT2D eigenvalue weighted by Gasteiger charge is 2.33. The van der Waals surface area contributed by atoms with Gasteiger partial charge >= 0.3 is 0 Å². The maximum absolute atomic E-state index is 13.4. The lowest BCUT2D eigenvalue weighted by Crippen LogP contribution is -2.31. The first-order valence-corrected chi connectivity index (χ1v) is 9.27. The molecule has 26 heavy (non-hydrogen) atoms. The standard InChI is InChI=1S/C21H20FN3O/c22-16-8-9-17-18(12-16)24-20(23-17)19-5-2-10-25(19)21(26)15-7-6-13-3-1-4-14(13)11-15/h6-9,11-12,19H,1-5,10H2,(H,23,24)/t19-/m1/s1. The topological polar surface area (TPSA) is 49.0 Å². The van der Waals surface area contributed by atoms with Gasteiger partial charge in [-0.3, -0.25) is 4.79 Å². The zero-order chi connectivity index (χ0) is 17.7. The number of benzene rings is 2. The van der Waals surface area contributed by atoms with Crippen molar-refractivity contribution >= 4 is 16.9 Å². The number of hydrogen-bond acceptors (Lipinski definition) is 2. The second-order valence-corrected chi connectivity index (χ2v) is 7.28. The summed E-state index contributed by atoms with van der Waals surface area (Å²) in [5.41, 5.74) is 4.86. The van der Waals surface area contributed by atoms with Crippen LogP contribution >= 0.6 is 0 Å². The maximum atomic E-state index is 13.4. The first kappa shape index (κ1) is 15.6. The predicted molar refractivity (Wildman–Crippen MR) is 97.5 cm³/mol. The molecule has 1 aliphatic carbocycles. The first-order chi connectivity index (χ1) is 12.7. The molecule has 2 heterocycles. The van der Waals surface area contributed by atoms with Crippen LogP contribution in [0.3, 0.4) is 0 Å². The van der Waals surface area contributed by atoms with Crippen LogP contribution in [0, 0.1) is 5.82 Å². The molecule has 0 unspecified atom stereocenters. The van der Waals surface area contributed by atoms with E-state index in [-0.39, 0.29) is 17.8 Å². The van der Waals surface area contributed by atoms with Gasteiger partial charge in [0.1, 0.15) is 11.6 Å². The summed E-state index contributed by atoms with van der Waals surface area (Å²) in [5.74, 6) is 0.525. The molecule has 5 heteroatoms. The molecule has 1 amide bonds. The molecule has 0 saturated carbocycles. The second kappa shape index (κ2) is 5.94. The van der Waals surface area contributed by atoms with Crippen LogP contribution in [0.2, 0.25) is 0 Å². The zero-order valence-corrected chi connectivity index (χ0v) is 14.5. The average molecular weight is 349 g/mol. The largest absolute Gasteiger partial charge is 0.340 e. The number of carbonyl (C=O) groups is 1. The van der Waals surface area contributed by atoms with Crippen molar-refractivity contribution in [3.8, 4) is 0 Å². The molecule has 5 rings (SSSR count). The number of nitrogens with zero attached hydrogens (tertiary/aromatic N) is 2. The summed E-state index contributed by atoms with van der Waals surface area (Å²) in [7, 11) is 0. The van der Waals surface area contributed by atoms with Crippen molar-refractivity contribution in [3.63, 3.8) is 0 Å². The maximum Gasteiger partial charge on any atom is 0.254 e. The number of halogens is 1. The second-order valence-electron chi connectivity index (χ2n) is 7.28. The van der Waals surface area contributed by atoms with Gasteiger partial charge < -0.3 is 9.88 Å². The fourth-order valence-corrected chi connectivity index (χ4v) is 4.32. The molecule has 2 aromatic carbocycles. The summed E-state index contributed by atoms with van der Waals surface area (Å²) >= 11 is 0. The molecule has 0 spiro atoms. The van der Waals surface area contributed by atoms with Gasteiger partial charge in [0, 0.05) is 12.1 Å². The number of aryl methyl sites for hydroxylation is 2. The third-order valence-corrected chi connectivity index (χ3v) is 5.64. The minimum Gasteiger partial charge on any atom is -0.340 e. The van der Waals surface area contributed by atoms with E-state index in [9.17, 15) is 9.18 Å². The number of rotatable bonds is 2. The van der Waals surface area contributed by atoms with E-state index in [4.69, 9.17) is 0 Å². The summed E-state index contributed by atoms with van der Waals surface area (Å²) in [5, 5.41) is 0. The normalized spacial score (nSPS) is 19.3. The molecule has 0 bridgehead atoms. The Bertz CT molecular complexity index is 1010. The Labute approximate surface area is 151 Å². The van der Waals surface area contributed by atoms with E-state index in [1.165, 1.54) is 29.7 Å². The van der Waals surface area contributed by atoms with Crippen LogP contribution in [0.15, 0.2) is 36.4 Å². The molecule has 1 aliphatic heterocycles. The minimum atomic E-state index is -0.287. The van der Waals surface area contributed by atoms with E-state index < -0.39 is 0 Å². The lowest BCUT2D eigenvalue weighted by Gasteiger charge is -2.23. The number of imidazole rings is 1. The Morgan fingerprint density at radius 3 is 2.92 bits per heavy atom. The number of carbonyl (C=O) groups excluding carboxylic acids is 1. The Morgan fingerprint density at radius 2 is 2.00 bits per heavy atom. The van der Waals surface area contributed by atoms with E-state index in [1.807, 2.05) is 11.0 Å². The lowest BCUT2D eigenvalue weighted by atomic mass is 10.1. The smallest absolute Gasteiger partial charge is 0.254 e. The zero-order valence-electron chi connectivity index (χ0n) is 14.5. The lowest BCUT2D eigenvalue weighted by molar-refractivity contribution is 0.0730. The quantitative estimate of drug-likeness (QED) is 0.755. The van der Waals surface area contributed by atoms with Gasteiger partial charge in [-0.2, -0.15) is 0 Å². The minimum absolute atomic E-state index is 0.0637. The number of aromatic nitrogens is 2. The molecule has 1 atom stereocenters. The molecular formula is C21H20FN3O. The van der Waals surface area contributed by atoms with Crippen LogP contribution in [-0.2, 0) is 12.8 Å². The number of fused-ring (bicyclic) bond motifs is 2. The highest BCUT2D eigenvalue weighted by Crippen LogP contribution is 2.33. The van der Waals surface area contributed by atoms with Gasteiger partial charge in [-0.1, -0.05) is 6.07 Å². The number of amides is 1. The van der Waals surface area contributed by atoms with Gasteiger partial charge in [-0.25, -0.2) is 9.37 Å². The van der Waals surface area contributed by atoms with Crippen molar-refractivity contribution in [1.29, 1.82) is 0 Å². The van der Waals surface area contributed by atoms with Crippen LogP contribution in [0.25, 0.3) is 11.0 Å². The molecule has 1 aromatic heterocycles. The van der Waals surface area contributed by atoms with Crippen molar-refractivity contribution in [2.24, 2.45) is 0 Å². The summed E-state index contributed by atoms with van der Waals surface area (Å²) in [6.45, 7) is 0.728. The Balaban J connectivity index is 1.46. The van der Waals surface area contributed by atoms with E-state index in [0.717, 1.165) is 49.1 Å². The van der Waals surface area contributed by atoms with Gasteiger partial charge in [0.15, 0.2) is 0 Å². The van der Waals surface area contributed by atoms with Gasteiger partial charge in [0.05, 0.1) is 17.1 Å². The average Bonchev–Trinajstić information content (AvgIpc) is 3.37. The Morgan fingerprint density at radius 1 is 1.12 bits per heavy atom. The van der Waals surface area contributed by atoms with Crippen LogP contribution in [0.4, 0.5) is 4.39 Å². The fraction of sp³-hybridized carbons (Fsp3) is 0.333. The van der Waals surface area contributed by atoms with Crippen molar-refractivity contribution < 1.29 is 9.18 Å². The highest BCUT2D eigenvalue weighted by atomic mass is 19.1. The Kier molecular flexibility index (Phi) is 3.55. The molecule has 1 N–H and O–H groups in total. The number of H-pyrrole nitrogens is 1. The molecule has 2 aliphatic rings. The summed E-state index contributed by atoms with van der Waals surface area (Å²) in [4.78, 5) is 22.8. The van der Waals surface area contributed by atoms with E-state index in [2.05, 4.69) is 22.1 Å². The van der Waals surface area contributed by atoms with Crippen molar-refractivity contribution in [3.05, 3.63) is 64.7 Å². The fourth-order valence-electron chi connectivity index (χ4n) is 4.32. The molecule has 1 saturated heterocycles. The third kappa shape index (κ3) is 2.50. The number of nitrogens with one attached hydrogen (secondary N) is 1. The van der Waals surface area contributed by atoms with Crippen LogP contribution in [-0.4, -0.2) is 27.3 Å². The summed E-state index contributed by atoms with van der Waals surface area (Å²) in [6, 6.07) is 10.6. The third-order valence-electron chi connectivity index (χ3n) is 5.64. The van der Waals surface area contributed by atoms with Gasteiger partial charge in [-0.05, 0) is 73.6 Å². The molecule has 0 radical (unpaired) electrons. The van der Waals surface area contributed by atoms with Gasteiger partial charge in [-0.15, -0.1) is 0 Å². The van der Waals surface area contributed by atoms with Crippen LogP contribution in [0.5, 0.6) is 0 Å². The van der Waals surface area contributed by atoms with E-state index in [0.29, 0.717) is 5.52 Å². The molecule has 1 fully saturated rings. The Hall–Kier alpha value is -2.69. The highest BCUT2D eigenvalue weighted by molar-refractivity contribution is 5.95. The monoisotopic (exact) mass is 349 g/mol. The van der Waals surface area contributed by atoms with E-state index in [1.54, 1.807) is 6.07 Å². The molecule has 132 valence electrons. The summed E-state index contributed by atoms with van der Waals surface area (Å²) < 4.78 is 13.4. The van der Waals surface area contributed by atoms with Crippen molar-refractivity contribution in [1.82, 2.24) is 14.9 Å². The molecule has 4 nitrogen and oxygen atoms in total. The first-order valence-electron chi connectivity index (χ1n) is 9.27. The number of aromatic amines is 1. The van der Waals surface area contributed by atoms with Crippen molar-refractivity contribution in [2.75, 3.05) is 6.54 Å². The van der Waals surface area contributed by atoms with Crippen molar-refractivity contribution in [2.45, 2.75) is 38.1 Å². The number of likely N-dealkylation sites (tertiary alicyclic amines) is 1. The number of hydrogen-bond donors (Lipinski definition) is 1. The molecular weight excluding hydrogens is 329 g/mol. The van der Waals surface area contributed by atoms with Gasteiger partial charge in [0.2, 0.25) is 0 Å². The molecule has 3 aromatic rings.